The Morgan fingerprint density at radius 3 is 2.76 bits per heavy atom. The molecule has 0 spiro atoms. The summed E-state index contributed by atoms with van der Waals surface area (Å²) in [6.07, 6.45) is 0.115. The highest BCUT2D eigenvalue weighted by Crippen LogP contribution is 2.24. The molecule has 0 aliphatic carbocycles. The van der Waals surface area contributed by atoms with Crippen LogP contribution in [0.3, 0.4) is 0 Å². The van der Waals surface area contributed by atoms with Crippen molar-refractivity contribution < 1.29 is 14.6 Å². The first-order valence-electron chi connectivity index (χ1n) is 4.88. The molecule has 96 valence electrons. The molecular weight excluding hydrogens is 265 g/mol. The summed E-state index contributed by atoms with van der Waals surface area (Å²) in [5, 5.41) is 12.0. The second-order valence-electron chi connectivity index (χ2n) is 3.29. The molecule has 0 radical (unpaired) electrons. The minimum Gasteiger partial charge on any atom is -0.495 e. The quantitative estimate of drug-likeness (QED) is 0.785. The predicted octanol–water partition coefficient (Wildman–Crippen LogP) is 2.33. The van der Waals surface area contributed by atoms with E-state index in [1.165, 1.54) is 0 Å². The molecule has 0 aromatic heterocycles. The fraction of sp³-hybridized carbons (Fsp3) is 0.364. The van der Waals surface area contributed by atoms with Gasteiger partial charge in [0.25, 0.3) is 0 Å². The van der Waals surface area contributed by atoms with E-state index in [9.17, 15) is 4.79 Å². The number of carbonyl (C=O) groups is 1. The van der Waals surface area contributed by atoms with E-state index < -0.39 is 5.97 Å². The van der Waals surface area contributed by atoms with E-state index in [0.717, 1.165) is 5.56 Å². The Kier molecular flexibility index (Phi) is 7.70. The third-order valence-electron chi connectivity index (χ3n) is 2.06. The van der Waals surface area contributed by atoms with E-state index in [1.807, 2.05) is 6.07 Å². The second-order valence-corrected chi connectivity index (χ2v) is 3.70. The van der Waals surface area contributed by atoms with E-state index in [0.29, 0.717) is 23.9 Å². The number of ether oxygens (including phenoxy) is 1. The van der Waals surface area contributed by atoms with Gasteiger partial charge in [0.2, 0.25) is 0 Å². The second kappa shape index (κ2) is 8.17. The van der Waals surface area contributed by atoms with E-state index >= 15 is 0 Å². The lowest BCUT2D eigenvalue weighted by Crippen LogP contribution is -2.17. The number of halogens is 2. The van der Waals surface area contributed by atoms with Gasteiger partial charge in [0.05, 0.1) is 18.6 Å². The molecule has 0 unspecified atom stereocenters. The van der Waals surface area contributed by atoms with Gasteiger partial charge in [0.1, 0.15) is 5.75 Å². The molecule has 1 aromatic rings. The van der Waals surface area contributed by atoms with E-state index in [4.69, 9.17) is 21.4 Å². The van der Waals surface area contributed by atoms with Gasteiger partial charge in [0.15, 0.2) is 0 Å². The topological polar surface area (TPSA) is 58.6 Å². The molecule has 17 heavy (non-hydrogen) atoms. The lowest BCUT2D eigenvalue weighted by atomic mass is 10.2. The van der Waals surface area contributed by atoms with Gasteiger partial charge in [-0.3, -0.25) is 4.79 Å². The number of carboxylic acid groups (broad SMARTS) is 1. The Bertz CT molecular complexity index is 372. The summed E-state index contributed by atoms with van der Waals surface area (Å²) in [7, 11) is 1.56. The van der Waals surface area contributed by atoms with Gasteiger partial charge in [-0.15, -0.1) is 12.4 Å². The molecule has 0 atom stereocenters. The number of methoxy groups -OCH3 is 1. The number of rotatable bonds is 6. The summed E-state index contributed by atoms with van der Waals surface area (Å²) in [6.45, 7) is 1.04. The molecule has 0 heterocycles. The molecule has 2 N–H and O–H groups in total. The lowest BCUT2D eigenvalue weighted by Gasteiger charge is -2.06. The first-order chi connectivity index (χ1) is 7.63. The molecule has 0 amide bonds. The summed E-state index contributed by atoms with van der Waals surface area (Å²) in [5.41, 5.74) is 0.996. The lowest BCUT2D eigenvalue weighted by molar-refractivity contribution is -0.136. The van der Waals surface area contributed by atoms with Gasteiger partial charge in [-0.1, -0.05) is 17.7 Å². The first kappa shape index (κ1) is 16.0. The van der Waals surface area contributed by atoms with Crippen molar-refractivity contribution in [3.63, 3.8) is 0 Å². The molecule has 1 rings (SSSR count). The van der Waals surface area contributed by atoms with Crippen LogP contribution in [0.5, 0.6) is 5.75 Å². The minimum absolute atomic E-state index is 0. The van der Waals surface area contributed by atoms with Crippen LogP contribution in [0.25, 0.3) is 0 Å². The molecule has 0 aliphatic heterocycles. The van der Waals surface area contributed by atoms with Crippen LogP contribution in [0, 0.1) is 0 Å². The van der Waals surface area contributed by atoms with Gasteiger partial charge < -0.3 is 15.2 Å². The van der Waals surface area contributed by atoms with Crippen molar-refractivity contribution in [1.82, 2.24) is 5.32 Å². The largest absolute Gasteiger partial charge is 0.495 e. The molecule has 6 heteroatoms. The van der Waals surface area contributed by atoms with Gasteiger partial charge in [-0.05, 0) is 17.7 Å². The van der Waals surface area contributed by atoms with Crippen LogP contribution in [0.2, 0.25) is 5.02 Å². The van der Waals surface area contributed by atoms with Gasteiger partial charge in [0, 0.05) is 13.1 Å². The van der Waals surface area contributed by atoms with Gasteiger partial charge in [-0.25, -0.2) is 0 Å². The smallest absolute Gasteiger partial charge is 0.304 e. The van der Waals surface area contributed by atoms with Gasteiger partial charge >= 0.3 is 5.97 Å². The van der Waals surface area contributed by atoms with Crippen LogP contribution in [0.4, 0.5) is 0 Å². The molecular formula is C11H15Cl2NO3. The van der Waals surface area contributed by atoms with E-state index in [1.54, 1.807) is 19.2 Å². The highest BCUT2D eigenvalue weighted by molar-refractivity contribution is 6.32. The summed E-state index contributed by atoms with van der Waals surface area (Å²) in [5.74, 6) is -0.170. The number of aliphatic carboxylic acids is 1. The summed E-state index contributed by atoms with van der Waals surface area (Å²) >= 11 is 5.95. The molecule has 0 bridgehead atoms. The van der Waals surface area contributed by atoms with Crippen LogP contribution >= 0.6 is 24.0 Å². The predicted molar refractivity (Wildman–Crippen MR) is 69.2 cm³/mol. The Labute approximate surface area is 111 Å². The van der Waals surface area contributed by atoms with Crippen molar-refractivity contribution >= 4 is 30.0 Å². The number of benzene rings is 1. The molecule has 0 saturated carbocycles. The van der Waals surface area contributed by atoms with Crippen LogP contribution in [0.1, 0.15) is 12.0 Å². The summed E-state index contributed by atoms with van der Waals surface area (Å²) in [4.78, 5) is 10.3. The Balaban J connectivity index is 0.00000256. The highest BCUT2D eigenvalue weighted by Gasteiger charge is 2.02. The van der Waals surface area contributed by atoms with Crippen LogP contribution < -0.4 is 10.1 Å². The van der Waals surface area contributed by atoms with Crippen molar-refractivity contribution in [3.8, 4) is 5.75 Å². The maximum absolute atomic E-state index is 10.3. The average Bonchev–Trinajstić information content (AvgIpc) is 2.24. The zero-order valence-corrected chi connectivity index (χ0v) is 11.0. The highest BCUT2D eigenvalue weighted by atomic mass is 35.5. The third kappa shape index (κ3) is 5.77. The van der Waals surface area contributed by atoms with Crippen LogP contribution in [-0.4, -0.2) is 24.7 Å². The molecule has 0 fully saturated rings. The zero-order valence-electron chi connectivity index (χ0n) is 9.40. The number of hydrogen-bond acceptors (Lipinski definition) is 3. The standard InChI is InChI=1S/C11H14ClNO3.ClH/c1-16-10-3-2-8(6-9(10)12)7-13-5-4-11(14)15;/h2-3,6,13H,4-5,7H2,1H3,(H,14,15);1H. The average molecular weight is 280 g/mol. The third-order valence-corrected chi connectivity index (χ3v) is 2.36. The maximum atomic E-state index is 10.3. The Hall–Kier alpha value is -0.970. The normalized spacial score (nSPS) is 9.53. The monoisotopic (exact) mass is 279 g/mol. The Morgan fingerprint density at radius 1 is 1.53 bits per heavy atom. The molecule has 0 aliphatic rings. The van der Waals surface area contributed by atoms with Crippen molar-refractivity contribution in [2.75, 3.05) is 13.7 Å². The molecule has 1 aromatic carbocycles. The molecule has 4 nitrogen and oxygen atoms in total. The maximum Gasteiger partial charge on any atom is 0.304 e. The number of carboxylic acids is 1. The van der Waals surface area contributed by atoms with Crippen molar-refractivity contribution in [3.05, 3.63) is 28.8 Å². The fourth-order valence-electron chi connectivity index (χ4n) is 1.25. The van der Waals surface area contributed by atoms with Crippen LogP contribution in [-0.2, 0) is 11.3 Å². The van der Waals surface area contributed by atoms with Crippen molar-refractivity contribution in [1.29, 1.82) is 0 Å². The minimum atomic E-state index is -0.805. The van der Waals surface area contributed by atoms with Crippen LogP contribution in [0.15, 0.2) is 18.2 Å². The van der Waals surface area contributed by atoms with Crippen molar-refractivity contribution in [2.45, 2.75) is 13.0 Å². The molecule has 0 saturated heterocycles. The SMILES string of the molecule is COc1ccc(CNCCC(=O)O)cc1Cl.Cl. The summed E-state index contributed by atoms with van der Waals surface area (Å²) < 4.78 is 5.03. The number of nitrogens with one attached hydrogen (secondary N) is 1. The zero-order chi connectivity index (χ0) is 12.0. The van der Waals surface area contributed by atoms with E-state index in [-0.39, 0.29) is 18.8 Å². The fourth-order valence-corrected chi connectivity index (χ4v) is 1.53. The number of hydrogen-bond donors (Lipinski definition) is 2. The Morgan fingerprint density at radius 2 is 2.24 bits per heavy atom. The van der Waals surface area contributed by atoms with Gasteiger partial charge in [-0.2, -0.15) is 0 Å². The van der Waals surface area contributed by atoms with E-state index in [2.05, 4.69) is 5.32 Å². The van der Waals surface area contributed by atoms with Crippen molar-refractivity contribution in [2.24, 2.45) is 0 Å². The first-order valence-corrected chi connectivity index (χ1v) is 5.26. The summed E-state index contributed by atoms with van der Waals surface area (Å²) in [6, 6.07) is 5.48.